The number of carboxylic acids is 1. The molecule has 0 bridgehead atoms. The lowest BCUT2D eigenvalue weighted by molar-refractivity contribution is 0.0691. The van der Waals surface area contributed by atoms with E-state index in [-0.39, 0.29) is 0 Å². The standard InChI is InChI=1S/C24H30N4O4/c1-4-18-21(26-23(30)20(22(18)29)24(31)32)14-5-6-19-15(8-14)9-17(27(19)3)12-28-11-13(2)7-16(28)10-25/h5-6,8-9,13,16H,4,7,10-12,25H2,1-3H3,(H,31,32)(H2,26,29,30). The zero-order chi connectivity index (χ0) is 23.2. The quantitative estimate of drug-likeness (QED) is 0.469. The first-order chi connectivity index (χ1) is 15.2. The maximum absolute atomic E-state index is 12.3. The van der Waals surface area contributed by atoms with Gasteiger partial charge in [-0.15, -0.1) is 0 Å². The molecule has 2 atom stereocenters. The molecule has 0 saturated carbocycles. The Morgan fingerprint density at radius 1 is 1.31 bits per heavy atom. The molecular weight excluding hydrogens is 408 g/mol. The van der Waals surface area contributed by atoms with Crippen molar-refractivity contribution in [2.45, 2.75) is 39.3 Å². The molecule has 0 aliphatic carbocycles. The SMILES string of the molecule is CCc1c(-c2ccc3c(c2)cc(CN2CC(C)CC2CN)n3C)[nH]c(=O)c(C(=O)O)c1O. The summed E-state index contributed by atoms with van der Waals surface area (Å²) in [5.74, 6) is -1.28. The van der Waals surface area contributed by atoms with Crippen LogP contribution in [-0.2, 0) is 20.0 Å². The number of benzene rings is 1. The third-order valence-corrected chi connectivity index (χ3v) is 6.66. The number of nitrogens with one attached hydrogen (secondary N) is 1. The first-order valence-electron chi connectivity index (χ1n) is 11.0. The minimum absolute atomic E-state index is 0.379. The summed E-state index contributed by atoms with van der Waals surface area (Å²) in [6.07, 6.45) is 1.50. The fraction of sp³-hybridized carbons (Fsp3) is 0.417. The number of likely N-dealkylation sites (tertiary alicyclic amines) is 1. The topological polar surface area (TPSA) is 125 Å². The van der Waals surface area contributed by atoms with E-state index >= 15 is 0 Å². The van der Waals surface area contributed by atoms with Crippen LogP contribution in [0.3, 0.4) is 0 Å². The van der Waals surface area contributed by atoms with Crippen LogP contribution in [0.15, 0.2) is 29.1 Å². The van der Waals surface area contributed by atoms with E-state index in [1.54, 1.807) is 0 Å². The monoisotopic (exact) mass is 438 g/mol. The Morgan fingerprint density at radius 3 is 2.72 bits per heavy atom. The first-order valence-corrected chi connectivity index (χ1v) is 11.0. The Labute approximate surface area is 186 Å². The highest BCUT2D eigenvalue weighted by atomic mass is 16.4. The van der Waals surface area contributed by atoms with Crippen LogP contribution in [0.25, 0.3) is 22.2 Å². The van der Waals surface area contributed by atoms with Gasteiger partial charge in [0.2, 0.25) is 0 Å². The molecule has 0 spiro atoms. The van der Waals surface area contributed by atoms with Gasteiger partial charge in [-0.2, -0.15) is 0 Å². The molecule has 8 nitrogen and oxygen atoms in total. The van der Waals surface area contributed by atoms with Crippen LogP contribution in [0.1, 0.15) is 41.9 Å². The zero-order valence-electron chi connectivity index (χ0n) is 18.7. The van der Waals surface area contributed by atoms with Crippen LogP contribution < -0.4 is 11.3 Å². The molecule has 32 heavy (non-hydrogen) atoms. The van der Waals surface area contributed by atoms with Gasteiger partial charge in [0.1, 0.15) is 5.75 Å². The summed E-state index contributed by atoms with van der Waals surface area (Å²) in [6.45, 7) is 6.57. The number of carbonyl (C=O) groups is 1. The number of nitrogens with two attached hydrogens (primary N) is 1. The summed E-state index contributed by atoms with van der Waals surface area (Å²) in [7, 11) is 2.04. The average molecular weight is 439 g/mol. The predicted octanol–water partition coefficient (Wildman–Crippen LogP) is 2.67. The van der Waals surface area contributed by atoms with Gasteiger partial charge in [-0.3, -0.25) is 9.69 Å². The molecule has 1 saturated heterocycles. The number of aryl methyl sites for hydroxylation is 1. The van der Waals surface area contributed by atoms with Crippen molar-refractivity contribution in [2.24, 2.45) is 18.7 Å². The summed E-state index contributed by atoms with van der Waals surface area (Å²) >= 11 is 0. The van der Waals surface area contributed by atoms with E-state index in [1.165, 1.54) is 5.69 Å². The van der Waals surface area contributed by atoms with E-state index in [0.717, 1.165) is 36.0 Å². The van der Waals surface area contributed by atoms with Crippen LogP contribution in [-0.4, -0.2) is 49.8 Å². The Bertz CT molecular complexity index is 1240. The second-order valence-corrected chi connectivity index (χ2v) is 8.82. The molecule has 1 aliphatic heterocycles. The van der Waals surface area contributed by atoms with Gasteiger partial charge in [0.05, 0.1) is 5.69 Å². The molecule has 1 fully saturated rings. The second-order valence-electron chi connectivity index (χ2n) is 8.82. The van der Waals surface area contributed by atoms with Crippen molar-refractivity contribution in [3.63, 3.8) is 0 Å². The summed E-state index contributed by atoms with van der Waals surface area (Å²) in [4.78, 5) is 28.8. The highest BCUT2D eigenvalue weighted by Crippen LogP contribution is 2.33. The van der Waals surface area contributed by atoms with E-state index in [2.05, 4.69) is 27.4 Å². The Morgan fingerprint density at radius 2 is 2.06 bits per heavy atom. The summed E-state index contributed by atoms with van der Waals surface area (Å²) < 4.78 is 2.17. The molecule has 5 N–H and O–H groups in total. The largest absolute Gasteiger partial charge is 0.506 e. The molecule has 1 aromatic carbocycles. The first kappa shape index (κ1) is 22.1. The molecule has 2 aromatic heterocycles. The minimum atomic E-state index is -1.44. The smallest absolute Gasteiger partial charge is 0.345 e. The number of rotatable bonds is 6. The Hall–Kier alpha value is -3.10. The number of H-pyrrole nitrogens is 1. The number of aromatic hydroxyl groups is 1. The van der Waals surface area contributed by atoms with Crippen molar-refractivity contribution >= 4 is 16.9 Å². The molecule has 4 rings (SSSR count). The van der Waals surface area contributed by atoms with Gasteiger partial charge >= 0.3 is 5.97 Å². The van der Waals surface area contributed by atoms with Gasteiger partial charge < -0.3 is 25.5 Å². The van der Waals surface area contributed by atoms with Crippen molar-refractivity contribution in [3.05, 3.63) is 51.4 Å². The summed E-state index contributed by atoms with van der Waals surface area (Å²) in [5.41, 5.74) is 8.38. The van der Waals surface area contributed by atoms with E-state index < -0.39 is 22.8 Å². The van der Waals surface area contributed by atoms with Crippen molar-refractivity contribution in [3.8, 4) is 17.0 Å². The van der Waals surface area contributed by atoms with Crippen LogP contribution in [0.2, 0.25) is 0 Å². The zero-order valence-corrected chi connectivity index (χ0v) is 18.7. The van der Waals surface area contributed by atoms with Crippen LogP contribution in [0.5, 0.6) is 5.75 Å². The third kappa shape index (κ3) is 3.69. The number of fused-ring (bicyclic) bond motifs is 1. The van der Waals surface area contributed by atoms with Gasteiger partial charge in [-0.25, -0.2) is 4.79 Å². The van der Waals surface area contributed by atoms with Crippen LogP contribution in [0, 0.1) is 5.92 Å². The molecule has 3 aromatic rings. The second kappa shape index (κ2) is 8.44. The molecule has 0 amide bonds. The van der Waals surface area contributed by atoms with Crippen molar-refractivity contribution < 1.29 is 15.0 Å². The lowest BCUT2D eigenvalue weighted by Gasteiger charge is -2.23. The lowest BCUT2D eigenvalue weighted by atomic mass is 9.99. The van der Waals surface area contributed by atoms with Gasteiger partial charge in [0, 0.05) is 54.9 Å². The van der Waals surface area contributed by atoms with E-state index in [1.807, 2.05) is 32.2 Å². The summed E-state index contributed by atoms with van der Waals surface area (Å²) in [5, 5.41) is 20.7. The Balaban J connectivity index is 1.76. The maximum Gasteiger partial charge on any atom is 0.345 e. The van der Waals surface area contributed by atoms with E-state index in [9.17, 15) is 19.8 Å². The molecular formula is C24H30N4O4. The Kier molecular flexibility index (Phi) is 5.83. The fourth-order valence-corrected chi connectivity index (χ4v) is 5.02. The molecule has 8 heteroatoms. The minimum Gasteiger partial charge on any atom is -0.506 e. The molecule has 170 valence electrons. The van der Waals surface area contributed by atoms with E-state index in [4.69, 9.17) is 5.73 Å². The highest BCUT2D eigenvalue weighted by molar-refractivity contribution is 5.92. The lowest BCUT2D eigenvalue weighted by Crippen LogP contribution is -2.35. The van der Waals surface area contributed by atoms with Gasteiger partial charge in [0.25, 0.3) is 5.56 Å². The number of aromatic nitrogens is 2. The molecule has 1 aliphatic rings. The maximum atomic E-state index is 12.3. The van der Waals surface area contributed by atoms with Crippen LogP contribution in [0.4, 0.5) is 0 Å². The van der Waals surface area contributed by atoms with Crippen molar-refractivity contribution in [1.29, 1.82) is 0 Å². The molecule has 3 heterocycles. The van der Waals surface area contributed by atoms with Gasteiger partial charge in [0.15, 0.2) is 5.56 Å². The number of aromatic carboxylic acids is 1. The molecule has 0 radical (unpaired) electrons. The average Bonchev–Trinajstić information content (AvgIpc) is 3.26. The number of aromatic amines is 1. The van der Waals surface area contributed by atoms with Gasteiger partial charge in [-0.05, 0) is 42.5 Å². The number of hydrogen-bond donors (Lipinski definition) is 4. The number of carboxylic acid groups (broad SMARTS) is 1. The number of nitrogens with zero attached hydrogens (tertiary/aromatic N) is 2. The number of pyridine rings is 1. The predicted molar refractivity (Wildman–Crippen MR) is 124 cm³/mol. The molecule has 2 unspecified atom stereocenters. The number of hydrogen-bond acceptors (Lipinski definition) is 5. The third-order valence-electron chi connectivity index (χ3n) is 6.66. The van der Waals surface area contributed by atoms with Gasteiger partial charge in [-0.1, -0.05) is 19.9 Å². The van der Waals surface area contributed by atoms with Crippen LogP contribution >= 0.6 is 0 Å². The fourth-order valence-electron chi connectivity index (χ4n) is 5.02. The highest BCUT2D eigenvalue weighted by Gasteiger charge is 2.29. The summed E-state index contributed by atoms with van der Waals surface area (Å²) in [6, 6.07) is 8.38. The normalized spacial score (nSPS) is 19.1. The van der Waals surface area contributed by atoms with Crippen molar-refractivity contribution in [1.82, 2.24) is 14.5 Å². The van der Waals surface area contributed by atoms with Crippen molar-refractivity contribution in [2.75, 3.05) is 13.1 Å². The van der Waals surface area contributed by atoms with E-state index in [0.29, 0.717) is 36.2 Å².